The van der Waals surface area contributed by atoms with Crippen molar-refractivity contribution in [3.8, 4) is 0 Å². The van der Waals surface area contributed by atoms with Gasteiger partial charge in [-0.15, -0.1) is 0 Å². The molecule has 0 spiro atoms. The van der Waals surface area contributed by atoms with Gasteiger partial charge in [0.05, 0.1) is 10.0 Å². The van der Waals surface area contributed by atoms with E-state index in [1.54, 1.807) is 24.3 Å². The van der Waals surface area contributed by atoms with Crippen molar-refractivity contribution in [3.63, 3.8) is 0 Å². The first-order valence-corrected chi connectivity index (χ1v) is 13.1. The highest BCUT2D eigenvalue weighted by atomic mass is 35.5. The van der Waals surface area contributed by atoms with Gasteiger partial charge in [-0.25, -0.2) is 4.79 Å². The lowest BCUT2D eigenvalue weighted by atomic mass is 9.48. The highest BCUT2D eigenvalue weighted by Crippen LogP contribution is 2.60. The molecule has 0 radical (unpaired) electrons. The largest absolute Gasteiger partial charge is 0.383 e. The zero-order valence-electron chi connectivity index (χ0n) is 21.8. The van der Waals surface area contributed by atoms with Crippen LogP contribution >= 0.6 is 23.2 Å². The van der Waals surface area contributed by atoms with Crippen LogP contribution in [-0.4, -0.2) is 51.7 Å². The topological polar surface area (TPSA) is 225 Å². The lowest BCUT2D eigenvalue weighted by Gasteiger charge is -2.61. The fourth-order valence-corrected chi connectivity index (χ4v) is 6.24. The molecule has 10 N–H and O–H groups in total. The van der Waals surface area contributed by atoms with E-state index in [2.05, 4.69) is 5.32 Å². The van der Waals surface area contributed by atoms with Gasteiger partial charge < -0.3 is 33.4 Å². The number of nitrogens with one attached hydrogen (secondary N) is 1. The molecule has 42 heavy (non-hydrogen) atoms. The third-order valence-electron chi connectivity index (χ3n) is 7.67. The van der Waals surface area contributed by atoms with Crippen LogP contribution in [0.2, 0.25) is 10.0 Å². The van der Waals surface area contributed by atoms with Crippen molar-refractivity contribution in [1.82, 2.24) is 4.90 Å². The normalized spacial score (nSPS) is 20.7. The number of nitrogens with zero attached hydrogens (tertiary/aromatic N) is 1. The standard InChI is InChI=1S/C28H26Cl2N6O6/c29-19-12-11-15(13-20(19)30)18-14-36(25(41)35-17-9-5-2-6-10-17)27(23(33)39,24(34)40)26(21(31)37,22(32)38)28(18,42)16-7-3-1-4-8-16/h1-13,18,42H,14H2,(H2,31,37)(H2,32,38)(H2,33,39)(H2,34,40)(H,35,41). The molecule has 3 aromatic rings. The maximum absolute atomic E-state index is 13.9. The number of urea groups is 1. The lowest BCUT2D eigenvalue weighted by molar-refractivity contribution is -0.211. The fraction of sp³-hybridized carbons (Fsp3) is 0.179. The SMILES string of the molecule is NC(=O)C1(C(N)=O)N(C(=O)Nc2ccccc2)CC(c2ccc(Cl)c(Cl)c2)C(O)(c2ccccc2)C1(C(N)=O)C(N)=O. The van der Waals surface area contributed by atoms with Crippen LogP contribution in [0.1, 0.15) is 17.0 Å². The number of amides is 6. The van der Waals surface area contributed by atoms with Gasteiger partial charge in [-0.05, 0) is 35.4 Å². The number of aliphatic hydroxyl groups is 1. The second-order valence-corrected chi connectivity index (χ2v) is 10.5. The second-order valence-electron chi connectivity index (χ2n) is 9.68. The summed E-state index contributed by atoms with van der Waals surface area (Å²) in [6, 6.07) is 17.9. The Morgan fingerprint density at radius 1 is 0.762 bits per heavy atom. The van der Waals surface area contributed by atoms with Crippen LogP contribution in [0, 0.1) is 5.41 Å². The number of hydrogen-bond acceptors (Lipinski definition) is 6. The number of nitrogens with two attached hydrogens (primary N) is 4. The highest BCUT2D eigenvalue weighted by molar-refractivity contribution is 6.42. The molecule has 2 unspecified atom stereocenters. The predicted octanol–water partition coefficient (Wildman–Crippen LogP) is 1.18. The Morgan fingerprint density at radius 2 is 1.29 bits per heavy atom. The number of piperidine rings is 1. The zero-order chi connectivity index (χ0) is 31.0. The van der Waals surface area contributed by atoms with Crippen molar-refractivity contribution in [2.24, 2.45) is 28.3 Å². The Labute approximate surface area is 249 Å². The van der Waals surface area contributed by atoms with Crippen molar-refractivity contribution < 1.29 is 29.1 Å². The molecule has 2 atom stereocenters. The first kappa shape index (κ1) is 30.3. The number of benzene rings is 3. The molecule has 1 fully saturated rings. The predicted molar refractivity (Wildman–Crippen MR) is 154 cm³/mol. The Bertz CT molecular complexity index is 1560. The summed E-state index contributed by atoms with van der Waals surface area (Å²) in [5.74, 6) is -8.49. The summed E-state index contributed by atoms with van der Waals surface area (Å²) in [5, 5.41) is 15.5. The zero-order valence-corrected chi connectivity index (χ0v) is 23.3. The third kappa shape index (κ3) is 4.14. The minimum absolute atomic E-state index is 0.00950. The van der Waals surface area contributed by atoms with Gasteiger partial charge in [0.25, 0.3) is 11.8 Å². The Hall–Kier alpha value is -4.65. The maximum atomic E-state index is 13.9. The van der Waals surface area contributed by atoms with Gasteiger partial charge in [0.2, 0.25) is 22.8 Å². The van der Waals surface area contributed by atoms with Gasteiger partial charge >= 0.3 is 6.03 Å². The minimum Gasteiger partial charge on any atom is -0.383 e. The van der Waals surface area contributed by atoms with Gasteiger partial charge in [0, 0.05) is 18.2 Å². The van der Waals surface area contributed by atoms with E-state index in [0.29, 0.717) is 4.90 Å². The molecule has 0 bridgehead atoms. The van der Waals surface area contributed by atoms with Gasteiger partial charge in [0.15, 0.2) is 0 Å². The molecule has 1 heterocycles. The average molecular weight is 613 g/mol. The Kier molecular flexibility index (Phi) is 7.92. The summed E-state index contributed by atoms with van der Waals surface area (Å²) < 4.78 is 0. The van der Waals surface area contributed by atoms with Gasteiger partial charge in [-0.2, -0.15) is 0 Å². The molecule has 1 saturated heterocycles. The number of hydrogen-bond donors (Lipinski definition) is 6. The quantitative estimate of drug-likeness (QED) is 0.214. The lowest BCUT2D eigenvalue weighted by Crippen LogP contribution is -2.88. The molecule has 3 aromatic carbocycles. The molecule has 218 valence electrons. The second kappa shape index (κ2) is 11.0. The molecule has 4 rings (SSSR count). The summed E-state index contributed by atoms with van der Waals surface area (Å²) in [4.78, 5) is 68.8. The first-order valence-electron chi connectivity index (χ1n) is 12.3. The summed E-state index contributed by atoms with van der Waals surface area (Å²) in [7, 11) is 0. The summed E-state index contributed by atoms with van der Waals surface area (Å²) in [5.41, 5.74) is 13.6. The first-order chi connectivity index (χ1) is 19.8. The average Bonchev–Trinajstić information content (AvgIpc) is 2.94. The number of para-hydroxylation sites is 1. The third-order valence-corrected chi connectivity index (χ3v) is 8.41. The molecule has 14 heteroatoms. The monoisotopic (exact) mass is 612 g/mol. The summed E-state index contributed by atoms with van der Waals surface area (Å²) in [6.45, 7) is -0.726. The number of likely N-dealkylation sites (tertiary alicyclic amines) is 1. The molecule has 1 aliphatic rings. The van der Waals surface area contributed by atoms with E-state index in [9.17, 15) is 29.1 Å². The van der Waals surface area contributed by atoms with E-state index in [1.807, 2.05) is 0 Å². The number of anilines is 1. The molecule has 6 amide bonds. The molecule has 0 aliphatic carbocycles. The fourth-order valence-electron chi connectivity index (χ4n) is 5.94. The minimum atomic E-state index is -3.47. The van der Waals surface area contributed by atoms with Crippen molar-refractivity contribution in [2.45, 2.75) is 17.1 Å². The van der Waals surface area contributed by atoms with E-state index in [4.69, 9.17) is 46.1 Å². The molecule has 0 aromatic heterocycles. The Morgan fingerprint density at radius 3 is 1.76 bits per heavy atom. The number of carbonyl (C=O) groups excluding carboxylic acids is 5. The van der Waals surface area contributed by atoms with Crippen molar-refractivity contribution in [3.05, 3.63) is 100 Å². The van der Waals surface area contributed by atoms with Gasteiger partial charge in [-0.3, -0.25) is 24.1 Å². The molecular weight excluding hydrogens is 587 g/mol. The molecule has 0 saturated carbocycles. The van der Waals surface area contributed by atoms with Crippen LogP contribution in [-0.2, 0) is 24.8 Å². The summed E-state index contributed by atoms with van der Waals surface area (Å²) >= 11 is 12.4. The van der Waals surface area contributed by atoms with Crippen molar-refractivity contribution in [1.29, 1.82) is 0 Å². The van der Waals surface area contributed by atoms with Crippen LogP contribution in [0.3, 0.4) is 0 Å². The molecule has 1 aliphatic heterocycles. The van der Waals surface area contributed by atoms with Crippen LogP contribution in [0.4, 0.5) is 10.5 Å². The van der Waals surface area contributed by atoms with Crippen LogP contribution in [0.25, 0.3) is 0 Å². The van der Waals surface area contributed by atoms with Gasteiger partial charge in [-0.1, -0.05) is 77.8 Å². The highest BCUT2D eigenvalue weighted by Gasteiger charge is 2.83. The van der Waals surface area contributed by atoms with Crippen LogP contribution in [0.15, 0.2) is 78.9 Å². The van der Waals surface area contributed by atoms with E-state index in [-0.39, 0.29) is 26.9 Å². The smallest absolute Gasteiger partial charge is 0.323 e. The molecule has 12 nitrogen and oxygen atoms in total. The number of carbonyl (C=O) groups is 5. The van der Waals surface area contributed by atoms with Crippen molar-refractivity contribution in [2.75, 3.05) is 11.9 Å². The van der Waals surface area contributed by atoms with Crippen LogP contribution < -0.4 is 28.3 Å². The van der Waals surface area contributed by atoms with E-state index in [0.717, 1.165) is 0 Å². The number of primary amides is 4. The molecular formula is C28H26Cl2N6O6. The van der Waals surface area contributed by atoms with Gasteiger partial charge in [0.1, 0.15) is 5.60 Å². The summed E-state index contributed by atoms with van der Waals surface area (Å²) in [6.07, 6.45) is 0. The maximum Gasteiger partial charge on any atom is 0.323 e. The van der Waals surface area contributed by atoms with E-state index < -0.39 is 58.7 Å². The Balaban J connectivity index is 2.19. The number of halogens is 2. The van der Waals surface area contributed by atoms with E-state index >= 15 is 0 Å². The number of rotatable bonds is 7. The van der Waals surface area contributed by atoms with Crippen molar-refractivity contribution >= 4 is 58.5 Å². The van der Waals surface area contributed by atoms with Crippen LogP contribution in [0.5, 0.6) is 0 Å². The van der Waals surface area contributed by atoms with E-state index in [1.165, 1.54) is 54.6 Å².